The number of fused-ring (bicyclic) bond motifs is 1. The highest BCUT2D eigenvalue weighted by molar-refractivity contribution is 5.75. The molecule has 2 aromatic heterocycles. The van der Waals surface area contributed by atoms with Crippen LogP contribution in [0.4, 0.5) is 0 Å². The van der Waals surface area contributed by atoms with E-state index >= 15 is 0 Å². The zero-order chi connectivity index (χ0) is 9.38. The lowest BCUT2D eigenvalue weighted by Crippen LogP contribution is -1.90. The quantitative estimate of drug-likeness (QED) is 0.617. The van der Waals surface area contributed by atoms with Gasteiger partial charge >= 0.3 is 0 Å². The minimum absolute atomic E-state index is 0.858. The minimum Gasteiger partial charge on any atom is -0.323 e. The van der Waals surface area contributed by atoms with Crippen molar-refractivity contribution >= 4 is 11.0 Å². The molecule has 0 spiro atoms. The van der Waals surface area contributed by atoms with Crippen molar-refractivity contribution in [2.24, 2.45) is 0 Å². The highest BCUT2D eigenvalue weighted by Gasteiger charge is 2.01. The second-order valence-electron chi connectivity index (χ2n) is 3.17. The van der Waals surface area contributed by atoms with Crippen LogP contribution >= 0.6 is 0 Å². The molecule has 0 aliphatic rings. The molecule has 0 aliphatic carbocycles. The normalized spacial score (nSPS) is 10.9. The summed E-state index contributed by atoms with van der Waals surface area (Å²) >= 11 is 0. The van der Waals surface area contributed by atoms with Crippen LogP contribution in [0.5, 0.6) is 0 Å². The molecule has 3 heteroatoms. The van der Waals surface area contributed by atoms with Crippen LogP contribution in [0.2, 0.25) is 0 Å². The van der Waals surface area contributed by atoms with E-state index in [1.807, 2.05) is 53.4 Å². The Morgan fingerprint density at radius 2 is 1.79 bits per heavy atom. The number of nitrogens with one attached hydrogen (secondary N) is 1. The lowest BCUT2D eigenvalue weighted by atomic mass is 10.3. The molecule has 0 saturated carbocycles. The van der Waals surface area contributed by atoms with Crippen molar-refractivity contribution in [3.63, 3.8) is 0 Å². The molecule has 3 aromatic rings. The largest absolute Gasteiger partial charge is 0.323 e. The molecule has 1 aromatic carbocycles. The van der Waals surface area contributed by atoms with Crippen LogP contribution in [0.15, 0.2) is 48.8 Å². The topological polar surface area (TPSA) is 33.6 Å². The van der Waals surface area contributed by atoms with Crippen molar-refractivity contribution < 1.29 is 0 Å². The Morgan fingerprint density at radius 1 is 1.00 bits per heavy atom. The van der Waals surface area contributed by atoms with Crippen molar-refractivity contribution in [3.05, 3.63) is 48.8 Å². The third kappa shape index (κ3) is 1.03. The number of hydrogen-bond donors (Lipinski definition) is 1. The van der Waals surface area contributed by atoms with Gasteiger partial charge in [0.25, 0.3) is 0 Å². The first-order valence-corrected chi connectivity index (χ1v) is 4.51. The molecule has 0 aliphatic heterocycles. The molecule has 0 radical (unpaired) electrons. The second kappa shape index (κ2) is 2.73. The molecule has 0 amide bonds. The van der Waals surface area contributed by atoms with E-state index in [9.17, 15) is 0 Å². The fourth-order valence-corrected chi connectivity index (χ4v) is 1.54. The predicted octanol–water partition coefficient (Wildman–Crippen LogP) is 2.35. The first-order chi connectivity index (χ1) is 6.93. The summed E-state index contributed by atoms with van der Waals surface area (Å²) in [5.74, 6) is 0.858. The summed E-state index contributed by atoms with van der Waals surface area (Å²) in [6.07, 6.45) is 3.94. The number of nitrogens with zero attached hydrogens (tertiary/aromatic N) is 2. The summed E-state index contributed by atoms with van der Waals surface area (Å²) in [4.78, 5) is 7.71. The van der Waals surface area contributed by atoms with Gasteiger partial charge in [-0.3, -0.25) is 4.57 Å². The Morgan fingerprint density at radius 3 is 2.57 bits per heavy atom. The summed E-state index contributed by atoms with van der Waals surface area (Å²) in [6.45, 7) is 0. The highest BCUT2D eigenvalue weighted by Crippen LogP contribution is 2.12. The Balaban J connectivity index is 2.24. The van der Waals surface area contributed by atoms with Crippen LogP contribution in [0, 0.1) is 0 Å². The van der Waals surface area contributed by atoms with Crippen molar-refractivity contribution in [1.29, 1.82) is 0 Å². The number of imidazole rings is 1. The van der Waals surface area contributed by atoms with Gasteiger partial charge in [-0.2, -0.15) is 0 Å². The molecule has 0 saturated heterocycles. The van der Waals surface area contributed by atoms with Gasteiger partial charge in [-0.1, -0.05) is 12.1 Å². The second-order valence-corrected chi connectivity index (χ2v) is 3.17. The van der Waals surface area contributed by atoms with Gasteiger partial charge in [-0.15, -0.1) is 0 Å². The molecular weight excluding hydrogens is 174 g/mol. The van der Waals surface area contributed by atoms with E-state index in [4.69, 9.17) is 0 Å². The SMILES string of the molecule is c1ccc2[nH]c(-n3cccc3)nc2c1. The number of rotatable bonds is 1. The minimum atomic E-state index is 0.858. The number of H-pyrrole nitrogens is 1. The Bertz CT molecular complexity index is 516. The third-order valence-electron chi connectivity index (χ3n) is 2.23. The van der Waals surface area contributed by atoms with Crippen LogP contribution in [0.25, 0.3) is 17.0 Å². The van der Waals surface area contributed by atoms with Gasteiger partial charge in [0.1, 0.15) is 0 Å². The van der Waals surface area contributed by atoms with Crippen LogP contribution in [-0.4, -0.2) is 14.5 Å². The van der Waals surface area contributed by atoms with Gasteiger partial charge in [-0.25, -0.2) is 4.98 Å². The molecule has 2 heterocycles. The van der Waals surface area contributed by atoms with Gasteiger partial charge in [0.15, 0.2) is 0 Å². The predicted molar refractivity (Wildman–Crippen MR) is 55.4 cm³/mol. The molecule has 0 unspecified atom stereocenters. The number of para-hydroxylation sites is 2. The maximum absolute atomic E-state index is 4.46. The number of aromatic amines is 1. The molecular formula is C11H9N3. The molecule has 0 atom stereocenters. The molecule has 1 N–H and O–H groups in total. The van der Waals surface area contributed by atoms with E-state index in [1.54, 1.807) is 0 Å². The molecule has 3 nitrogen and oxygen atoms in total. The van der Waals surface area contributed by atoms with Gasteiger partial charge in [-0.05, 0) is 24.3 Å². The average molecular weight is 183 g/mol. The fraction of sp³-hybridized carbons (Fsp3) is 0. The standard InChI is InChI=1S/C11H9N3/c1-2-6-10-9(5-1)12-11(13-10)14-7-3-4-8-14/h1-8H,(H,12,13). The molecule has 0 fully saturated rings. The van der Waals surface area contributed by atoms with Gasteiger partial charge in [0.05, 0.1) is 11.0 Å². The van der Waals surface area contributed by atoms with Gasteiger partial charge < -0.3 is 4.98 Å². The highest BCUT2D eigenvalue weighted by atomic mass is 15.1. The Hall–Kier alpha value is -2.03. The van der Waals surface area contributed by atoms with Crippen LogP contribution in [0.1, 0.15) is 0 Å². The van der Waals surface area contributed by atoms with Crippen molar-refractivity contribution in [3.8, 4) is 5.95 Å². The summed E-state index contributed by atoms with van der Waals surface area (Å²) in [5.41, 5.74) is 2.06. The van der Waals surface area contributed by atoms with E-state index in [1.165, 1.54) is 0 Å². The first kappa shape index (κ1) is 7.38. The van der Waals surface area contributed by atoms with Crippen LogP contribution < -0.4 is 0 Å². The summed E-state index contributed by atoms with van der Waals surface area (Å²) < 4.78 is 1.96. The van der Waals surface area contributed by atoms with Gasteiger partial charge in [0, 0.05) is 12.4 Å². The van der Waals surface area contributed by atoms with E-state index in [0.29, 0.717) is 0 Å². The first-order valence-electron chi connectivity index (χ1n) is 4.51. The number of hydrogen-bond acceptors (Lipinski definition) is 1. The zero-order valence-corrected chi connectivity index (χ0v) is 7.51. The molecule has 68 valence electrons. The van der Waals surface area contributed by atoms with Gasteiger partial charge in [0.2, 0.25) is 5.95 Å². The Kier molecular flexibility index (Phi) is 1.44. The van der Waals surface area contributed by atoms with Crippen molar-refractivity contribution in [1.82, 2.24) is 14.5 Å². The maximum Gasteiger partial charge on any atom is 0.212 e. The lowest BCUT2D eigenvalue weighted by molar-refractivity contribution is 0.981. The number of benzene rings is 1. The summed E-state index contributed by atoms with van der Waals surface area (Å²) in [6, 6.07) is 12.0. The van der Waals surface area contributed by atoms with Crippen molar-refractivity contribution in [2.45, 2.75) is 0 Å². The zero-order valence-electron chi connectivity index (χ0n) is 7.51. The average Bonchev–Trinajstić information content (AvgIpc) is 2.86. The van der Waals surface area contributed by atoms with E-state index < -0.39 is 0 Å². The summed E-state index contributed by atoms with van der Waals surface area (Å²) in [5, 5.41) is 0. The third-order valence-corrected chi connectivity index (χ3v) is 2.23. The number of aromatic nitrogens is 3. The lowest BCUT2D eigenvalue weighted by Gasteiger charge is -1.93. The van der Waals surface area contributed by atoms with E-state index in [-0.39, 0.29) is 0 Å². The van der Waals surface area contributed by atoms with Crippen LogP contribution in [-0.2, 0) is 0 Å². The fourth-order valence-electron chi connectivity index (χ4n) is 1.54. The van der Waals surface area contributed by atoms with E-state index in [2.05, 4.69) is 9.97 Å². The smallest absolute Gasteiger partial charge is 0.212 e. The van der Waals surface area contributed by atoms with Crippen LogP contribution in [0.3, 0.4) is 0 Å². The molecule has 0 bridgehead atoms. The monoisotopic (exact) mass is 183 g/mol. The summed E-state index contributed by atoms with van der Waals surface area (Å²) in [7, 11) is 0. The van der Waals surface area contributed by atoms with E-state index in [0.717, 1.165) is 17.0 Å². The maximum atomic E-state index is 4.46. The Labute approximate surface area is 81.0 Å². The molecule has 3 rings (SSSR count). The molecule has 14 heavy (non-hydrogen) atoms. The van der Waals surface area contributed by atoms with Crippen molar-refractivity contribution in [2.75, 3.05) is 0 Å².